The number of anilines is 1. The van der Waals surface area contributed by atoms with Crippen molar-refractivity contribution in [2.75, 3.05) is 11.9 Å². The van der Waals surface area contributed by atoms with Crippen LogP contribution in [0.25, 0.3) is 0 Å². The molecule has 7 nitrogen and oxygen atoms in total. The third-order valence-corrected chi connectivity index (χ3v) is 3.56. The fraction of sp³-hybridized carbons (Fsp3) is 0.333. The predicted molar refractivity (Wildman–Crippen MR) is 101 cm³/mol. The molecule has 11 heteroatoms. The van der Waals surface area contributed by atoms with Gasteiger partial charge in [-0.05, 0) is 60.7 Å². The largest absolute Gasteiger partial charge is 0.467 e. The van der Waals surface area contributed by atoms with Crippen LogP contribution in [0.2, 0.25) is 0 Å². The number of nitrogens with zero attached hydrogens (tertiary/aromatic N) is 3. The van der Waals surface area contributed by atoms with E-state index < -0.39 is 24.5 Å². The van der Waals surface area contributed by atoms with Crippen LogP contribution in [0.3, 0.4) is 0 Å². The van der Waals surface area contributed by atoms with Crippen LogP contribution in [0, 0.1) is 11.8 Å². The van der Waals surface area contributed by atoms with E-state index in [1.807, 2.05) is 0 Å². The number of ether oxygens (including phenoxy) is 2. The first-order chi connectivity index (χ1) is 13.4. The SMILES string of the molecule is CC(C)(C)OC(=O)Nc1ccc(C#Cc2ncnc(OCC(F)(F)F)c2Br)nc1. The molecule has 2 aromatic rings. The molecule has 0 aromatic carbocycles. The van der Waals surface area contributed by atoms with Gasteiger partial charge in [-0.25, -0.2) is 19.7 Å². The molecule has 0 aliphatic carbocycles. The van der Waals surface area contributed by atoms with Gasteiger partial charge in [0.1, 0.15) is 27.8 Å². The summed E-state index contributed by atoms with van der Waals surface area (Å²) in [6, 6.07) is 3.13. The molecule has 2 heterocycles. The summed E-state index contributed by atoms with van der Waals surface area (Å²) in [5, 5.41) is 2.53. The summed E-state index contributed by atoms with van der Waals surface area (Å²) in [7, 11) is 0. The number of nitrogens with one attached hydrogen (secondary N) is 1. The topological polar surface area (TPSA) is 86.2 Å². The quantitative estimate of drug-likeness (QED) is 0.669. The molecule has 0 aliphatic rings. The molecule has 0 atom stereocenters. The lowest BCUT2D eigenvalue weighted by molar-refractivity contribution is -0.154. The highest BCUT2D eigenvalue weighted by atomic mass is 79.9. The minimum Gasteiger partial charge on any atom is -0.467 e. The van der Waals surface area contributed by atoms with E-state index in [1.54, 1.807) is 32.9 Å². The third kappa shape index (κ3) is 7.95. The van der Waals surface area contributed by atoms with Crippen LogP contribution < -0.4 is 10.1 Å². The van der Waals surface area contributed by atoms with Gasteiger partial charge in [0, 0.05) is 0 Å². The second kappa shape index (κ2) is 9.09. The number of hydrogen-bond donors (Lipinski definition) is 1. The Kier molecular flexibility index (Phi) is 7.02. The Hall–Kier alpha value is -2.87. The molecular weight excluding hydrogens is 457 g/mol. The van der Waals surface area contributed by atoms with Gasteiger partial charge in [-0.15, -0.1) is 0 Å². The zero-order valence-corrected chi connectivity index (χ0v) is 17.2. The van der Waals surface area contributed by atoms with Crippen molar-refractivity contribution >= 4 is 27.7 Å². The fourth-order valence-electron chi connectivity index (χ4n) is 1.78. The van der Waals surface area contributed by atoms with Crippen molar-refractivity contribution in [2.24, 2.45) is 0 Å². The molecule has 0 saturated heterocycles. The molecular formula is C18H16BrF3N4O3. The molecule has 0 aliphatic heterocycles. The zero-order valence-electron chi connectivity index (χ0n) is 15.6. The summed E-state index contributed by atoms with van der Waals surface area (Å²) in [6.07, 6.45) is -2.67. The van der Waals surface area contributed by atoms with Gasteiger partial charge in [-0.1, -0.05) is 0 Å². The minimum atomic E-state index is -4.49. The van der Waals surface area contributed by atoms with E-state index in [4.69, 9.17) is 4.74 Å². The van der Waals surface area contributed by atoms with E-state index >= 15 is 0 Å². The normalized spacial score (nSPS) is 11.3. The average molecular weight is 473 g/mol. The molecule has 0 saturated carbocycles. The first-order valence-electron chi connectivity index (χ1n) is 8.11. The Labute approximate surface area is 173 Å². The molecule has 1 amide bonds. The Balaban J connectivity index is 2.07. The van der Waals surface area contributed by atoms with Gasteiger partial charge in [-0.2, -0.15) is 13.2 Å². The number of aromatic nitrogens is 3. The van der Waals surface area contributed by atoms with Crippen molar-refractivity contribution in [3.8, 4) is 17.7 Å². The number of halogens is 4. The molecule has 29 heavy (non-hydrogen) atoms. The summed E-state index contributed by atoms with van der Waals surface area (Å²) in [5.74, 6) is 5.12. The van der Waals surface area contributed by atoms with Gasteiger partial charge in [0.25, 0.3) is 0 Å². The summed E-state index contributed by atoms with van der Waals surface area (Å²) >= 11 is 3.08. The van der Waals surface area contributed by atoms with Crippen molar-refractivity contribution in [1.82, 2.24) is 15.0 Å². The maximum atomic E-state index is 12.3. The molecule has 0 radical (unpaired) electrons. The van der Waals surface area contributed by atoms with E-state index in [9.17, 15) is 18.0 Å². The summed E-state index contributed by atoms with van der Waals surface area (Å²) in [6.45, 7) is 3.75. The van der Waals surface area contributed by atoms with Crippen molar-refractivity contribution in [2.45, 2.75) is 32.5 Å². The van der Waals surface area contributed by atoms with E-state index in [0.717, 1.165) is 6.33 Å². The smallest absolute Gasteiger partial charge is 0.422 e. The van der Waals surface area contributed by atoms with Gasteiger partial charge < -0.3 is 9.47 Å². The number of hydrogen-bond acceptors (Lipinski definition) is 6. The number of rotatable bonds is 3. The second-order valence-corrected chi connectivity index (χ2v) is 7.35. The summed E-state index contributed by atoms with van der Waals surface area (Å²) < 4.78 is 46.7. The second-order valence-electron chi connectivity index (χ2n) is 6.55. The maximum Gasteiger partial charge on any atom is 0.422 e. The highest BCUT2D eigenvalue weighted by Gasteiger charge is 2.29. The van der Waals surface area contributed by atoms with Crippen LogP contribution >= 0.6 is 15.9 Å². The van der Waals surface area contributed by atoms with Crippen molar-refractivity contribution in [3.63, 3.8) is 0 Å². The average Bonchev–Trinajstić information content (AvgIpc) is 2.58. The lowest BCUT2D eigenvalue weighted by Crippen LogP contribution is -2.27. The molecule has 0 unspecified atom stereocenters. The molecule has 1 N–H and O–H groups in total. The Bertz CT molecular complexity index is 933. The summed E-state index contributed by atoms with van der Waals surface area (Å²) in [4.78, 5) is 23.3. The molecule has 2 rings (SSSR count). The monoisotopic (exact) mass is 472 g/mol. The van der Waals surface area contributed by atoms with Crippen LogP contribution in [-0.4, -0.2) is 39.4 Å². The van der Waals surface area contributed by atoms with Crippen LogP contribution in [0.5, 0.6) is 5.88 Å². The number of alkyl halides is 3. The predicted octanol–water partition coefficient (Wildman–Crippen LogP) is 4.32. The van der Waals surface area contributed by atoms with Crippen LogP contribution in [0.4, 0.5) is 23.7 Å². The van der Waals surface area contributed by atoms with Crippen LogP contribution in [-0.2, 0) is 4.74 Å². The third-order valence-electron chi connectivity index (χ3n) is 2.85. The highest BCUT2D eigenvalue weighted by Crippen LogP contribution is 2.26. The number of carbonyl (C=O) groups excluding carboxylic acids is 1. The number of carbonyl (C=O) groups is 1. The maximum absolute atomic E-state index is 12.3. The van der Waals surface area contributed by atoms with E-state index in [0.29, 0.717) is 11.4 Å². The fourth-order valence-corrected chi connectivity index (χ4v) is 2.20. The molecule has 2 aromatic heterocycles. The number of pyridine rings is 1. The standard InChI is InChI=1S/C18H16BrF3N4O3/c1-17(2,3)29-16(27)26-12-5-4-11(23-8-12)6-7-13-14(19)15(25-10-24-13)28-9-18(20,21)22/h4-5,8,10H,9H2,1-3H3,(H,26,27). The first-order valence-corrected chi connectivity index (χ1v) is 8.90. The van der Waals surface area contributed by atoms with E-state index in [1.165, 1.54) is 6.20 Å². The first kappa shape index (κ1) is 22.4. The lowest BCUT2D eigenvalue weighted by atomic mass is 10.2. The Morgan fingerprint density at radius 1 is 1.17 bits per heavy atom. The lowest BCUT2D eigenvalue weighted by Gasteiger charge is -2.19. The van der Waals surface area contributed by atoms with Gasteiger partial charge in [0.15, 0.2) is 6.61 Å². The zero-order chi connectivity index (χ0) is 21.7. The van der Waals surface area contributed by atoms with Crippen LogP contribution in [0.1, 0.15) is 32.2 Å². The Morgan fingerprint density at radius 3 is 2.48 bits per heavy atom. The summed E-state index contributed by atoms with van der Waals surface area (Å²) in [5.41, 5.74) is 0.269. The van der Waals surface area contributed by atoms with Gasteiger partial charge in [0.05, 0.1) is 11.9 Å². The van der Waals surface area contributed by atoms with Gasteiger partial charge >= 0.3 is 12.3 Å². The van der Waals surface area contributed by atoms with Gasteiger partial charge in [0.2, 0.25) is 5.88 Å². The molecule has 0 spiro atoms. The molecule has 0 bridgehead atoms. The van der Waals surface area contributed by atoms with Gasteiger partial charge in [-0.3, -0.25) is 5.32 Å². The van der Waals surface area contributed by atoms with E-state index in [-0.39, 0.29) is 16.0 Å². The van der Waals surface area contributed by atoms with Crippen molar-refractivity contribution < 1.29 is 27.4 Å². The van der Waals surface area contributed by atoms with Crippen molar-refractivity contribution in [1.29, 1.82) is 0 Å². The van der Waals surface area contributed by atoms with Crippen LogP contribution in [0.15, 0.2) is 29.1 Å². The minimum absolute atomic E-state index is 0.0972. The molecule has 154 valence electrons. The number of amides is 1. The highest BCUT2D eigenvalue weighted by molar-refractivity contribution is 9.10. The Morgan fingerprint density at radius 2 is 1.90 bits per heavy atom. The van der Waals surface area contributed by atoms with Crippen molar-refractivity contribution in [3.05, 3.63) is 40.5 Å². The van der Waals surface area contributed by atoms with E-state index in [2.05, 4.69) is 52.8 Å². The molecule has 0 fully saturated rings.